The van der Waals surface area contributed by atoms with Crippen molar-refractivity contribution in [2.24, 2.45) is 0 Å². The maximum Gasteiger partial charge on any atom is 0.429 e. The molecule has 13 heteroatoms. The van der Waals surface area contributed by atoms with Crippen LogP contribution in [-0.4, -0.2) is 66.3 Å². The first kappa shape index (κ1) is 22.2. The number of halogens is 6. The van der Waals surface area contributed by atoms with Crippen LogP contribution in [0.25, 0.3) is 0 Å². The molecule has 2 saturated heterocycles. The Hall–Kier alpha value is -0.0200. The number of alkyl halides is 6. The normalized spacial score (nSPS) is 35.1. The van der Waals surface area contributed by atoms with Crippen LogP contribution < -0.4 is 0 Å². The Labute approximate surface area is 196 Å². The minimum absolute atomic E-state index is 0.496. The fraction of sp³-hybridized carbons (Fsp3) is 0.750. The van der Waals surface area contributed by atoms with Gasteiger partial charge < -0.3 is 14.2 Å². The molecule has 0 aromatic heterocycles. The number of amides is 2. The number of carbonyl (C=O) groups is 2. The number of hydrazine groups is 1. The first-order valence-electron chi connectivity index (χ1n) is 8.84. The summed E-state index contributed by atoms with van der Waals surface area (Å²) in [6.07, 6.45) is 5.33. The summed E-state index contributed by atoms with van der Waals surface area (Å²) < 4.78 is 12.9. The Morgan fingerprint density at radius 2 is 1.24 bits per heavy atom. The molecular formula is C16H16Cl6N2O5. The maximum atomic E-state index is 12.9. The topological polar surface area (TPSA) is 71.6 Å². The third kappa shape index (κ3) is 3.75. The zero-order valence-electron chi connectivity index (χ0n) is 14.8. The van der Waals surface area contributed by atoms with Crippen LogP contribution in [-0.2, 0) is 14.2 Å². The lowest BCUT2D eigenvalue weighted by atomic mass is 9.67. The average molecular weight is 529 g/mol. The van der Waals surface area contributed by atoms with Crippen molar-refractivity contribution in [3.63, 3.8) is 0 Å². The van der Waals surface area contributed by atoms with E-state index < -0.39 is 56.3 Å². The minimum Gasteiger partial charge on any atom is -0.444 e. The van der Waals surface area contributed by atoms with Crippen molar-refractivity contribution < 1.29 is 23.8 Å². The van der Waals surface area contributed by atoms with Crippen LogP contribution in [0.2, 0.25) is 0 Å². The van der Waals surface area contributed by atoms with E-state index in [0.29, 0.717) is 0 Å². The summed E-state index contributed by atoms with van der Waals surface area (Å²) in [5.74, 6) is 0. The van der Waals surface area contributed by atoms with Gasteiger partial charge in [0.05, 0.1) is 0 Å². The summed E-state index contributed by atoms with van der Waals surface area (Å²) in [4.78, 5) is 25.8. The van der Waals surface area contributed by atoms with Gasteiger partial charge in [-0.05, 0) is 12.8 Å². The van der Waals surface area contributed by atoms with Gasteiger partial charge in [0.1, 0.15) is 36.5 Å². The van der Waals surface area contributed by atoms with Gasteiger partial charge in [0.2, 0.25) is 7.59 Å². The van der Waals surface area contributed by atoms with Gasteiger partial charge >= 0.3 is 12.2 Å². The van der Waals surface area contributed by atoms with E-state index in [4.69, 9.17) is 83.8 Å². The summed E-state index contributed by atoms with van der Waals surface area (Å²) in [5, 5.41) is 2.30. The van der Waals surface area contributed by atoms with Crippen molar-refractivity contribution >= 4 is 81.8 Å². The van der Waals surface area contributed by atoms with Gasteiger partial charge in [0.25, 0.3) is 0 Å². The molecule has 0 radical (unpaired) electrons. The molecule has 5 rings (SSSR count). The van der Waals surface area contributed by atoms with Gasteiger partial charge in [-0.25, -0.2) is 19.6 Å². The molecule has 1 unspecified atom stereocenters. The summed E-state index contributed by atoms with van der Waals surface area (Å²) in [6.45, 7) is -0.992. The van der Waals surface area contributed by atoms with E-state index in [1.54, 1.807) is 0 Å². The third-order valence-corrected chi connectivity index (χ3v) is 6.32. The number of fused-ring (bicyclic) bond motifs is 1. The Morgan fingerprint density at radius 3 is 1.59 bits per heavy atom. The lowest BCUT2D eigenvalue weighted by Gasteiger charge is -2.53. The zero-order chi connectivity index (χ0) is 21.2. The van der Waals surface area contributed by atoms with Gasteiger partial charge in [-0.1, -0.05) is 94.6 Å². The van der Waals surface area contributed by atoms with Crippen LogP contribution in [0.1, 0.15) is 25.7 Å². The molecule has 0 N–H and O–H groups in total. The Kier molecular flexibility index (Phi) is 5.55. The predicted molar refractivity (Wildman–Crippen MR) is 109 cm³/mol. The van der Waals surface area contributed by atoms with Gasteiger partial charge in [-0.2, -0.15) is 0 Å². The van der Waals surface area contributed by atoms with Gasteiger partial charge in [-0.3, -0.25) is 0 Å². The molecule has 4 atom stereocenters. The Morgan fingerprint density at radius 1 is 0.862 bits per heavy atom. The second kappa shape index (κ2) is 7.26. The first-order valence-corrected chi connectivity index (χ1v) is 11.1. The summed E-state index contributed by atoms with van der Waals surface area (Å²) in [7, 11) is 0. The van der Waals surface area contributed by atoms with Gasteiger partial charge in [0.15, 0.2) is 0 Å². The molecule has 0 aromatic carbocycles. The average Bonchev–Trinajstić information content (AvgIpc) is 3.36. The van der Waals surface area contributed by atoms with Crippen LogP contribution in [0.15, 0.2) is 12.2 Å². The summed E-state index contributed by atoms with van der Waals surface area (Å²) in [5.41, 5.74) is -1.15. The molecule has 2 bridgehead atoms. The van der Waals surface area contributed by atoms with E-state index in [0.717, 1.165) is 35.7 Å². The second-order valence-corrected chi connectivity index (χ2v) is 12.4. The van der Waals surface area contributed by atoms with Crippen LogP contribution in [0.5, 0.6) is 0 Å². The molecule has 3 aliphatic heterocycles. The van der Waals surface area contributed by atoms with E-state index in [9.17, 15) is 9.59 Å². The fourth-order valence-electron chi connectivity index (χ4n) is 4.69. The molecule has 3 heterocycles. The lowest BCUT2D eigenvalue weighted by molar-refractivity contribution is -0.0973. The quantitative estimate of drug-likeness (QED) is 0.289. The molecule has 2 amide bonds. The highest BCUT2D eigenvalue weighted by molar-refractivity contribution is 6.68. The van der Waals surface area contributed by atoms with Gasteiger partial charge in [-0.15, -0.1) is 0 Å². The Bertz CT molecular complexity index is 695. The SMILES string of the molecule is O=C(OCC(Cl)(Cl)Cl)N1[C@@H]2C=C[C@@H](N1C(=O)OCC(Cl)(Cl)Cl)[C@@]13CCCCC21O3. The largest absolute Gasteiger partial charge is 0.444 e. The number of hydrogen-bond acceptors (Lipinski definition) is 5. The van der Waals surface area contributed by atoms with Crippen molar-refractivity contribution in [1.29, 1.82) is 0 Å². The molecular weight excluding hydrogens is 513 g/mol. The molecule has 0 aromatic rings. The van der Waals surface area contributed by atoms with E-state index in [2.05, 4.69) is 0 Å². The molecule has 29 heavy (non-hydrogen) atoms. The maximum absolute atomic E-state index is 12.9. The number of hydrogen-bond donors (Lipinski definition) is 0. The molecule has 1 saturated carbocycles. The van der Waals surface area contributed by atoms with Crippen LogP contribution in [0.4, 0.5) is 9.59 Å². The fourth-order valence-corrected chi connectivity index (χ4v) is 5.01. The van der Waals surface area contributed by atoms with E-state index >= 15 is 0 Å². The van der Waals surface area contributed by atoms with Crippen LogP contribution in [0, 0.1) is 0 Å². The summed E-state index contributed by atoms with van der Waals surface area (Å²) in [6, 6.07) is -1.15. The zero-order valence-corrected chi connectivity index (χ0v) is 19.3. The highest BCUT2D eigenvalue weighted by Gasteiger charge is 2.83. The standard InChI is InChI=1S/C16H16Cl6N2O5/c17-15(18,19)7-27-11(25)23-9-3-4-10(14-6-2-1-5-13(9,14)29-14)24(23)12(26)28-8-16(20,21)22/h3-4,9-10H,1-2,5-8H2/t9-,10-,13+,14?/m1/s1. The number of nitrogens with zero attached hydrogens (tertiary/aromatic N) is 2. The highest BCUT2D eigenvalue weighted by atomic mass is 35.6. The third-order valence-electron chi connectivity index (χ3n) is 5.67. The second-order valence-electron chi connectivity index (χ2n) is 7.39. The monoisotopic (exact) mass is 526 g/mol. The smallest absolute Gasteiger partial charge is 0.429 e. The number of rotatable bonds is 2. The molecule has 2 aliphatic carbocycles. The first-order chi connectivity index (χ1) is 13.4. The molecule has 5 aliphatic rings. The van der Waals surface area contributed by atoms with Crippen LogP contribution in [0.3, 0.4) is 0 Å². The number of epoxide rings is 1. The lowest BCUT2D eigenvalue weighted by Crippen LogP contribution is -2.73. The summed E-state index contributed by atoms with van der Waals surface area (Å²) >= 11 is 34.1. The van der Waals surface area contributed by atoms with Crippen molar-refractivity contribution in [2.75, 3.05) is 13.2 Å². The predicted octanol–water partition coefficient (Wildman–Crippen LogP) is 4.92. The molecule has 3 fully saturated rings. The van der Waals surface area contributed by atoms with Crippen molar-refractivity contribution in [2.45, 2.75) is 56.6 Å². The molecule has 7 nitrogen and oxygen atoms in total. The van der Waals surface area contributed by atoms with Crippen molar-refractivity contribution in [3.8, 4) is 0 Å². The minimum atomic E-state index is -1.80. The van der Waals surface area contributed by atoms with Gasteiger partial charge in [0, 0.05) is 0 Å². The molecule has 0 spiro atoms. The van der Waals surface area contributed by atoms with Crippen molar-refractivity contribution in [1.82, 2.24) is 10.0 Å². The number of ether oxygens (including phenoxy) is 3. The number of carbonyl (C=O) groups excluding carboxylic acids is 2. The van der Waals surface area contributed by atoms with Crippen molar-refractivity contribution in [3.05, 3.63) is 12.2 Å². The molecule has 162 valence electrons. The van der Waals surface area contributed by atoms with E-state index in [1.165, 1.54) is 0 Å². The van der Waals surface area contributed by atoms with Crippen LogP contribution >= 0.6 is 69.6 Å². The Balaban J connectivity index is 1.63. The van der Waals surface area contributed by atoms with E-state index in [-0.39, 0.29) is 0 Å². The highest BCUT2D eigenvalue weighted by Crippen LogP contribution is 2.67. The van der Waals surface area contributed by atoms with E-state index in [1.807, 2.05) is 12.2 Å².